The molecule has 0 spiro atoms. The van der Waals surface area contributed by atoms with E-state index in [1.54, 1.807) is 0 Å². The molecule has 1 aliphatic heterocycles. The molecule has 3 N–H and O–H groups in total. The van der Waals surface area contributed by atoms with Gasteiger partial charge in [0.2, 0.25) is 5.91 Å². The van der Waals surface area contributed by atoms with Crippen LogP contribution in [0.1, 0.15) is 51.1 Å². The maximum absolute atomic E-state index is 12.7. The fourth-order valence-electron chi connectivity index (χ4n) is 3.87. The second-order valence-corrected chi connectivity index (χ2v) is 7.20. The number of halogens is 1. The molecule has 1 aromatic carbocycles. The first-order valence-electron chi connectivity index (χ1n) is 8.28. The topological polar surface area (TPSA) is 64.4 Å². The summed E-state index contributed by atoms with van der Waals surface area (Å²) in [6.07, 6.45) is 3.93. The van der Waals surface area contributed by atoms with E-state index < -0.39 is 0 Å². The van der Waals surface area contributed by atoms with Crippen LogP contribution in [0.3, 0.4) is 0 Å². The quantitative estimate of drug-likeness (QED) is 0.889. The van der Waals surface area contributed by atoms with Gasteiger partial charge in [-0.15, -0.1) is 12.4 Å². The number of nitrogens with one attached hydrogen (secondary N) is 1. The van der Waals surface area contributed by atoms with E-state index in [0.29, 0.717) is 12.5 Å². The van der Waals surface area contributed by atoms with Gasteiger partial charge in [-0.2, -0.15) is 0 Å². The Bertz CT molecular complexity index is 562. The predicted octanol–water partition coefficient (Wildman–Crippen LogP) is 3.20. The van der Waals surface area contributed by atoms with Gasteiger partial charge in [0, 0.05) is 17.9 Å². The maximum atomic E-state index is 12.7. The van der Waals surface area contributed by atoms with Crippen LogP contribution >= 0.6 is 12.4 Å². The van der Waals surface area contributed by atoms with Gasteiger partial charge in [-0.25, -0.2) is 0 Å². The minimum atomic E-state index is -0.269. The standard InChI is InChI=1S/C18H26N2O2.ClH/c1-18(2)10-15(14-7-3-4-9-16(14)22-18)20-17(21)13-8-5-6-12(13)11-19;/h3-4,7,9,12-13,15H,5-6,8,10-11,19H2,1-2H3,(H,20,21);1H/t12-,13-,15?;/m1./s1. The first-order chi connectivity index (χ1) is 10.5. The van der Waals surface area contributed by atoms with E-state index in [0.717, 1.165) is 37.0 Å². The number of nitrogens with two attached hydrogens (primary N) is 1. The Morgan fingerprint density at radius 1 is 1.35 bits per heavy atom. The summed E-state index contributed by atoms with van der Waals surface area (Å²) in [6.45, 7) is 4.74. The molecule has 1 unspecified atom stereocenters. The van der Waals surface area contributed by atoms with Crippen LogP contribution in [0.4, 0.5) is 0 Å². The van der Waals surface area contributed by atoms with Gasteiger partial charge in [0.25, 0.3) is 0 Å². The molecule has 1 amide bonds. The molecule has 3 rings (SSSR count). The molecule has 0 saturated heterocycles. The van der Waals surface area contributed by atoms with Crippen LogP contribution in [0, 0.1) is 11.8 Å². The minimum absolute atomic E-state index is 0. The SMILES string of the molecule is CC1(C)CC(NC(=O)[C@@H]2CCC[C@@H]2CN)c2ccccc2O1.Cl. The molecule has 5 heteroatoms. The van der Waals surface area contributed by atoms with Crippen molar-refractivity contribution in [3.05, 3.63) is 29.8 Å². The average Bonchev–Trinajstić information content (AvgIpc) is 2.94. The third-order valence-corrected chi connectivity index (χ3v) is 4.99. The van der Waals surface area contributed by atoms with Crippen molar-refractivity contribution in [1.29, 1.82) is 0 Å². The lowest BCUT2D eigenvalue weighted by Gasteiger charge is -2.38. The Hall–Kier alpha value is -1.26. The third-order valence-electron chi connectivity index (χ3n) is 4.99. The highest BCUT2D eigenvalue weighted by Gasteiger charge is 2.37. The molecule has 3 atom stereocenters. The molecular weight excluding hydrogens is 312 g/mol. The van der Waals surface area contributed by atoms with Gasteiger partial charge in [0.05, 0.1) is 6.04 Å². The smallest absolute Gasteiger partial charge is 0.223 e. The van der Waals surface area contributed by atoms with Crippen LogP contribution in [-0.2, 0) is 4.79 Å². The summed E-state index contributed by atoms with van der Waals surface area (Å²) in [5.41, 5.74) is 6.63. The van der Waals surface area contributed by atoms with Crippen molar-refractivity contribution in [3.8, 4) is 5.75 Å². The Morgan fingerprint density at radius 2 is 2.09 bits per heavy atom. The van der Waals surface area contributed by atoms with E-state index in [-0.39, 0.29) is 35.9 Å². The monoisotopic (exact) mass is 338 g/mol. The average molecular weight is 339 g/mol. The van der Waals surface area contributed by atoms with Crippen LogP contribution in [0.15, 0.2) is 24.3 Å². The van der Waals surface area contributed by atoms with Gasteiger partial charge in [-0.1, -0.05) is 24.6 Å². The molecule has 1 aliphatic carbocycles. The van der Waals surface area contributed by atoms with Gasteiger partial charge < -0.3 is 15.8 Å². The van der Waals surface area contributed by atoms with Gasteiger partial charge >= 0.3 is 0 Å². The van der Waals surface area contributed by atoms with E-state index in [4.69, 9.17) is 10.5 Å². The number of benzene rings is 1. The summed E-state index contributed by atoms with van der Waals surface area (Å²) in [6, 6.07) is 8.02. The number of hydrogen-bond donors (Lipinski definition) is 2. The van der Waals surface area contributed by atoms with E-state index in [1.165, 1.54) is 0 Å². The first-order valence-corrected chi connectivity index (χ1v) is 8.28. The summed E-state index contributed by atoms with van der Waals surface area (Å²) in [7, 11) is 0. The molecule has 0 radical (unpaired) electrons. The predicted molar refractivity (Wildman–Crippen MR) is 93.8 cm³/mol. The van der Waals surface area contributed by atoms with Crippen LogP contribution in [-0.4, -0.2) is 18.1 Å². The van der Waals surface area contributed by atoms with E-state index in [9.17, 15) is 4.79 Å². The number of para-hydroxylation sites is 1. The highest BCUT2D eigenvalue weighted by Crippen LogP contribution is 2.40. The molecule has 1 fully saturated rings. The van der Waals surface area contributed by atoms with E-state index in [1.807, 2.05) is 24.3 Å². The van der Waals surface area contributed by atoms with Crippen LogP contribution < -0.4 is 15.8 Å². The second-order valence-electron chi connectivity index (χ2n) is 7.20. The van der Waals surface area contributed by atoms with Crippen LogP contribution in [0.5, 0.6) is 5.75 Å². The third kappa shape index (κ3) is 3.81. The Kier molecular flexibility index (Phi) is 5.58. The molecule has 128 valence electrons. The zero-order valence-corrected chi connectivity index (χ0v) is 14.7. The number of carbonyl (C=O) groups is 1. The molecule has 4 nitrogen and oxygen atoms in total. The van der Waals surface area contributed by atoms with E-state index in [2.05, 4.69) is 19.2 Å². The molecule has 2 aliphatic rings. The number of carbonyl (C=O) groups excluding carboxylic acids is 1. The Morgan fingerprint density at radius 3 is 2.83 bits per heavy atom. The van der Waals surface area contributed by atoms with Crippen molar-refractivity contribution >= 4 is 18.3 Å². The summed E-state index contributed by atoms with van der Waals surface area (Å²) in [5, 5.41) is 3.26. The van der Waals surface area contributed by atoms with Crippen molar-refractivity contribution in [1.82, 2.24) is 5.32 Å². The zero-order chi connectivity index (χ0) is 15.7. The summed E-state index contributed by atoms with van der Waals surface area (Å²) in [5.74, 6) is 1.45. The largest absolute Gasteiger partial charge is 0.487 e. The number of amides is 1. The fraction of sp³-hybridized carbons (Fsp3) is 0.611. The highest BCUT2D eigenvalue weighted by atomic mass is 35.5. The molecule has 1 heterocycles. The van der Waals surface area contributed by atoms with Crippen LogP contribution in [0.2, 0.25) is 0 Å². The van der Waals surface area contributed by atoms with Crippen molar-refractivity contribution < 1.29 is 9.53 Å². The highest BCUT2D eigenvalue weighted by molar-refractivity contribution is 5.85. The van der Waals surface area contributed by atoms with Crippen LogP contribution in [0.25, 0.3) is 0 Å². The van der Waals surface area contributed by atoms with Crippen molar-refractivity contribution in [2.24, 2.45) is 17.6 Å². The molecule has 1 saturated carbocycles. The number of rotatable bonds is 3. The van der Waals surface area contributed by atoms with Gasteiger partial charge in [0.1, 0.15) is 11.4 Å². The summed E-state index contributed by atoms with van der Waals surface area (Å²) >= 11 is 0. The van der Waals surface area contributed by atoms with Crippen molar-refractivity contribution in [2.45, 2.75) is 51.2 Å². The Balaban J connectivity index is 0.00000192. The molecule has 0 aromatic heterocycles. The second kappa shape index (κ2) is 7.10. The number of ether oxygens (including phenoxy) is 1. The molecule has 1 aromatic rings. The summed E-state index contributed by atoms with van der Waals surface area (Å²) < 4.78 is 6.03. The first kappa shape index (κ1) is 18.1. The number of hydrogen-bond acceptors (Lipinski definition) is 3. The normalized spacial score (nSPS) is 28.2. The van der Waals surface area contributed by atoms with Crippen molar-refractivity contribution in [3.63, 3.8) is 0 Å². The lowest BCUT2D eigenvalue weighted by Crippen LogP contribution is -2.43. The molecule has 0 bridgehead atoms. The zero-order valence-electron chi connectivity index (χ0n) is 13.9. The van der Waals surface area contributed by atoms with Gasteiger partial charge in [-0.3, -0.25) is 4.79 Å². The fourth-order valence-corrected chi connectivity index (χ4v) is 3.87. The number of fused-ring (bicyclic) bond motifs is 1. The van der Waals surface area contributed by atoms with E-state index >= 15 is 0 Å². The molecular formula is C18H27ClN2O2. The lowest BCUT2D eigenvalue weighted by atomic mass is 9.88. The van der Waals surface area contributed by atoms with Gasteiger partial charge in [-0.05, 0) is 45.2 Å². The van der Waals surface area contributed by atoms with Crippen molar-refractivity contribution in [2.75, 3.05) is 6.54 Å². The maximum Gasteiger partial charge on any atom is 0.223 e. The Labute approximate surface area is 144 Å². The minimum Gasteiger partial charge on any atom is -0.487 e. The molecule has 23 heavy (non-hydrogen) atoms. The lowest BCUT2D eigenvalue weighted by molar-refractivity contribution is -0.127. The van der Waals surface area contributed by atoms with Gasteiger partial charge in [0.15, 0.2) is 0 Å². The summed E-state index contributed by atoms with van der Waals surface area (Å²) in [4.78, 5) is 12.7.